The molecular formula is C20H26ClN3O5S2. The number of hydroxylamine groups is 1. The van der Waals surface area contributed by atoms with Gasteiger partial charge in [-0.1, -0.05) is 12.1 Å². The zero-order valence-corrected chi connectivity index (χ0v) is 19.3. The number of carbonyl (C=O) groups excluding carboxylic acids is 1. The molecule has 2 fully saturated rings. The summed E-state index contributed by atoms with van der Waals surface area (Å²) in [7, 11) is -3.94. The number of piperidine rings is 1. The number of sulfonamides is 1. The zero-order valence-electron chi connectivity index (χ0n) is 16.9. The van der Waals surface area contributed by atoms with Gasteiger partial charge in [-0.2, -0.15) is 0 Å². The number of halogens is 1. The van der Waals surface area contributed by atoms with E-state index in [1.807, 2.05) is 23.7 Å². The van der Waals surface area contributed by atoms with Crippen molar-refractivity contribution in [1.29, 1.82) is 0 Å². The molecule has 0 atom stereocenters. The number of hydrogen-bond acceptors (Lipinski definition) is 7. The number of nitrogens with one attached hydrogen (secondary N) is 1. The van der Waals surface area contributed by atoms with Gasteiger partial charge in [-0.05, 0) is 30.4 Å². The number of amides is 1. The van der Waals surface area contributed by atoms with Gasteiger partial charge in [0.15, 0.2) is 4.75 Å². The van der Waals surface area contributed by atoms with Gasteiger partial charge in [0, 0.05) is 67.4 Å². The molecule has 4 rings (SSSR count). The van der Waals surface area contributed by atoms with Crippen LogP contribution in [0.2, 0.25) is 0 Å². The molecule has 2 aliphatic rings. The molecule has 0 saturated carbocycles. The van der Waals surface area contributed by atoms with E-state index in [2.05, 4.69) is 17.1 Å². The van der Waals surface area contributed by atoms with Crippen LogP contribution < -0.4 is 5.48 Å². The summed E-state index contributed by atoms with van der Waals surface area (Å²) in [5.74, 6) is -0.704. The van der Waals surface area contributed by atoms with E-state index in [-0.39, 0.29) is 44.4 Å². The minimum absolute atomic E-state index is 0. The van der Waals surface area contributed by atoms with Crippen LogP contribution in [0.5, 0.6) is 0 Å². The van der Waals surface area contributed by atoms with Gasteiger partial charge in [-0.25, -0.2) is 18.2 Å². The number of nitrogens with zero attached hydrogens (tertiary/aromatic N) is 2. The number of carbonyl (C=O) groups is 1. The number of aromatic nitrogens is 1. The molecule has 0 aliphatic carbocycles. The molecule has 2 N–H and O–H groups in total. The van der Waals surface area contributed by atoms with Gasteiger partial charge in [0.25, 0.3) is 5.91 Å². The lowest BCUT2D eigenvalue weighted by molar-refractivity contribution is -0.134. The minimum atomic E-state index is -3.94. The first-order chi connectivity index (χ1) is 14.5. The lowest BCUT2D eigenvalue weighted by Gasteiger charge is -2.40. The summed E-state index contributed by atoms with van der Waals surface area (Å²) in [6, 6.07) is 8.13. The fraction of sp³-hybridized carbons (Fsp3) is 0.500. The molecule has 170 valence electrons. The Morgan fingerprint density at radius 1 is 1.23 bits per heavy atom. The molecule has 4 heterocycles. The van der Waals surface area contributed by atoms with Crippen LogP contribution in [0.3, 0.4) is 0 Å². The first-order valence-electron chi connectivity index (χ1n) is 10.00. The Bertz CT molecular complexity index is 969. The third-order valence-electron chi connectivity index (χ3n) is 6.11. The molecule has 0 unspecified atom stereocenters. The number of thiophene rings is 1. The van der Waals surface area contributed by atoms with Gasteiger partial charge < -0.3 is 4.74 Å². The summed E-state index contributed by atoms with van der Waals surface area (Å²) >= 11 is 1.66. The minimum Gasteiger partial charge on any atom is -0.381 e. The quantitative estimate of drug-likeness (QED) is 0.496. The van der Waals surface area contributed by atoms with Crippen molar-refractivity contribution in [2.45, 2.75) is 36.3 Å². The third-order valence-corrected chi connectivity index (χ3v) is 9.66. The van der Waals surface area contributed by atoms with Crippen LogP contribution in [0.15, 0.2) is 35.8 Å². The van der Waals surface area contributed by atoms with E-state index in [1.54, 1.807) is 16.8 Å². The summed E-state index contributed by atoms with van der Waals surface area (Å²) in [5.41, 5.74) is 3.60. The monoisotopic (exact) mass is 487 g/mol. The van der Waals surface area contributed by atoms with Crippen molar-refractivity contribution >= 4 is 39.7 Å². The molecule has 0 aromatic carbocycles. The highest BCUT2D eigenvalue weighted by Crippen LogP contribution is 2.36. The van der Waals surface area contributed by atoms with Crippen LogP contribution in [-0.2, 0) is 19.6 Å². The Kier molecular flexibility index (Phi) is 7.72. The Hall–Kier alpha value is -1.56. The van der Waals surface area contributed by atoms with E-state index in [1.165, 1.54) is 9.18 Å². The van der Waals surface area contributed by atoms with Gasteiger partial charge in [0.05, 0.1) is 0 Å². The molecule has 0 radical (unpaired) electrons. The smallest absolute Gasteiger partial charge is 0.266 e. The molecule has 1 amide bonds. The van der Waals surface area contributed by atoms with Crippen molar-refractivity contribution in [2.75, 3.05) is 26.3 Å². The van der Waals surface area contributed by atoms with E-state index >= 15 is 0 Å². The fourth-order valence-electron chi connectivity index (χ4n) is 4.28. The van der Waals surface area contributed by atoms with E-state index in [0.29, 0.717) is 25.9 Å². The summed E-state index contributed by atoms with van der Waals surface area (Å²) in [4.78, 5) is 18.1. The topological polar surface area (TPSA) is 109 Å². The predicted octanol–water partition coefficient (Wildman–Crippen LogP) is 2.80. The first kappa shape index (κ1) is 24.1. The van der Waals surface area contributed by atoms with Crippen LogP contribution in [0, 0.1) is 0 Å². The standard InChI is InChI=1S/C20H25N3O5S2.ClH/c24-19(22-25)20(7-11-28-12-8-20)30(26,27)23-9-5-15(6-10-23)17-4-3-16(14-21-17)18-2-1-13-29-18;/h1-4,13-15,25H,5-12H2,(H,22,24);1H. The molecule has 2 aromatic rings. The third kappa shape index (κ3) is 4.50. The van der Waals surface area contributed by atoms with Crippen LogP contribution in [0.25, 0.3) is 10.4 Å². The average Bonchev–Trinajstić information content (AvgIpc) is 3.34. The summed E-state index contributed by atoms with van der Waals surface area (Å²) in [5, 5.41) is 11.2. The lowest BCUT2D eigenvalue weighted by atomic mass is 9.94. The molecular weight excluding hydrogens is 462 g/mol. The molecule has 0 bridgehead atoms. The van der Waals surface area contributed by atoms with Crippen molar-refractivity contribution in [3.8, 4) is 10.4 Å². The average molecular weight is 488 g/mol. The molecule has 8 nitrogen and oxygen atoms in total. The summed E-state index contributed by atoms with van der Waals surface area (Å²) < 4.78 is 31.7. The number of pyridine rings is 1. The van der Waals surface area contributed by atoms with Crippen molar-refractivity contribution in [3.05, 3.63) is 41.5 Å². The van der Waals surface area contributed by atoms with Crippen LogP contribution in [0.4, 0.5) is 0 Å². The maximum atomic E-state index is 13.4. The Morgan fingerprint density at radius 3 is 2.48 bits per heavy atom. The lowest BCUT2D eigenvalue weighted by Crippen LogP contribution is -2.60. The van der Waals surface area contributed by atoms with Gasteiger partial charge >= 0.3 is 0 Å². The summed E-state index contributed by atoms with van der Waals surface area (Å²) in [6.45, 7) is 0.985. The SMILES string of the molecule is Cl.O=C(NO)C1(S(=O)(=O)N2CCC(c3ccc(-c4cccs4)cn3)CC2)CCOCC1. The Morgan fingerprint density at radius 2 is 1.94 bits per heavy atom. The van der Waals surface area contributed by atoms with Crippen LogP contribution in [0.1, 0.15) is 37.3 Å². The molecule has 2 aliphatic heterocycles. The number of rotatable bonds is 5. The number of hydrogen-bond donors (Lipinski definition) is 2. The van der Waals surface area contributed by atoms with E-state index in [4.69, 9.17) is 9.94 Å². The summed E-state index contributed by atoms with van der Waals surface area (Å²) in [6.07, 6.45) is 3.21. The molecule has 0 spiro atoms. The molecule has 2 aromatic heterocycles. The second-order valence-corrected chi connectivity index (χ2v) is 10.9. The van der Waals surface area contributed by atoms with Crippen molar-refractivity contribution in [1.82, 2.24) is 14.8 Å². The van der Waals surface area contributed by atoms with Gasteiger partial charge in [0.1, 0.15) is 0 Å². The van der Waals surface area contributed by atoms with E-state index in [0.717, 1.165) is 11.3 Å². The molecule has 2 saturated heterocycles. The van der Waals surface area contributed by atoms with Crippen molar-refractivity contribution < 1.29 is 23.2 Å². The maximum Gasteiger partial charge on any atom is 0.266 e. The van der Waals surface area contributed by atoms with Crippen molar-refractivity contribution in [3.63, 3.8) is 0 Å². The fourth-order valence-corrected chi connectivity index (χ4v) is 7.15. The van der Waals surface area contributed by atoms with Gasteiger partial charge in [-0.3, -0.25) is 15.0 Å². The van der Waals surface area contributed by atoms with Gasteiger partial charge in [-0.15, -0.1) is 23.7 Å². The van der Waals surface area contributed by atoms with Crippen molar-refractivity contribution in [2.24, 2.45) is 0 Å². The highest BCUT2D eigenvalue weighted by Gasteiger charge is 2.54. The first-order valence-corrected chi connectivity index (χ1v) is 12.3. The van der Waals surface area contributed by atoms with Crippen LogP contribution in [-0.4, -0.2) is 59.9 Å². The van der Waals surface area contributed by atoms with E-state index in [9.17, 15) is 13.2 Å². The number of ether oxygens (including phenoxy) is 1. The maximum absolute atomic E-state index is 13.4. The van der Waals surface area contributed by atoms with E-state index < -0.39 is 20.7 Å². The highest BCUT2D eigenvalue weighted by atomic mass is 35.5. The largest absolute Gasteiger partial charge is 0.381 e. The van der Waals surface area contributed by atoms with Gasteiger partial charge in [0.2, 0.25) is 10.0 Å². The Balaban J connectivity index is 0.00000272. The molecule has 11 heteroatoms. The zero-order chi connectivity index (χ0) is 21.2. The normalized spacial score (nSPS) is 20.0. The predicted molar refractivity (Wildman–Crippen MR) is 120 cm³/mol. The molecule has 31 heavy (non-hydrogen) atoms. The second-order valence-electron chi connectivity index (χ2n) is 7.67. The van der Waals surface area contributed by atoms with Crippen LogP contribution >= 0.6 is 23.7 Å². The highest BCUT2D eigenvalue weighted by molar-refractivity contribution is 7.91. The second kappa shape index (κ2) is 9.93. The Labute approximate surface area is 192 Å².